The Morgan fingerprint density at radius 1 is 1.35 bits per heavy atom. The molecule has 17 heavy (non-hydrogen) atoms. The molecule has 1 saturated heterocycles. The van der Waals surface area contributed by atoms with Gasteiger partial charge in [0.15, 0.2) is 0 Å². The molecular formula is C12H16F2N2O. The van der Waals surface area contributed by atoms with Crippen LogP contribution in [0.2, 0.25) is 0 Å². The van der Waals surface area contributed by atoms with Crippen LogP contribution in [-0.2, 0) is 0 Å². The van der Waals surface area contributed by atoms with Crippen LogP contribution in [0.25, 0.3) is 0 Å². The van der Waals surface area contributed by atoms with Crippen molar-refractivity contribution in [2.24, 2.45) is 0 Å². The van der Waals surface area contributed by atoms with E-state index in [1.807, 2.05) is 12.1 Å². The minimum absolute atomic E-state index is 0.201. The number of nitrogens with zero attached hydrogens (tertiary/aromatic N) is 1. The number of ether oxygens (including phenoxy) is 1. The smallest absolute Gasteiger partial charge is 0.387 e. The second-order valence-electron chi connectivity index (χ2n) is 4.17. The first-order chi connectivity index (χ1) is 8.15. The van der Waals surface area contributed by atoms with E-state index < -0.39 is 6.61 Å². The number of hydrogen-bond donors (Lipinski definition) is 1. The molecule has 1 fully saturated rings. The summed E-state index contributed by atoms with van der Waals surface area (Å²) in [5.74, 6) is 0.201. The van der Waals surface area contributed by atoms with Gasteiger partial charge in [0.05, 0.1) is 0 Å². The van der Waals surface area contributed by atoms with Gasteiger partial charge in [-0.2, -0.15) is 8.78 Å². The second-order valence-corrected chi connectivity index (χ2v) is 4.17. The molecule has 1 N–H and O–H groups in total. The molecule has 0 radical (unpaired) electrons. The molecule has 1 aromatic rings. The van der Waals surface area contributed by atoms with E-state index in [0.29, 0.717) is 6.04 Å². The van der Waals surface area contributed by atoms with Crippen LogP contribution in [0.3, 0.4) is 0 Å². The van der Waals surface area contributed by atoms with Crippen molar-refractivity contribution in [3.05, 3.63) is 24.3 Å². The van der Waals surface area contributed by atoms with E-state index in [0.717, 1.165) is 25.3 Å². The Labute approximate surface area is 99.4 Å². The summed E-state index contributed by atoms with van der Waals surface area (Å²) in [6.07, 6.45) is 0. The van der Waals surface area contributed by atoms with E-state index in [2.05, 4.69) is 21.9 Å². The molecule has 1 aliphatic rings. The van der Waals surface area contributed by atoms with Gasteiger partial charge < -0.3 is 15.0 Å². The zero-order valence-electron chi connectivity index (χ0n) is 9.70. The average molecular weight is 242 g/mol. The molecule has 0 saturated carbocycles. The Balaban J connectivity index is 2.01. The highest BCUT2D eigenvalue weighted by Crippen LogP contribution is 2.21. The largest absolute Gasteiger partial charge is 0.435 e. The van der Waals surface area contributed by atoms with Gasteiger partial charge in [-0.05, 0) is 31.2 Å². The lowest BCUT2D eigenvalue weighted by Gasteiger charge is -2.33. The van der Waals surface area contributed by atoms with Gasteiger partial charge in [0.25, 0.3) is 0 Å². The van der Waals surface area contributed by atoms with E-state index >= 15 is 0 Å². The van der Waals surface area contributed by atoms with Crippen molar-refractivity contribution < 1.29 is 13.5 Å². The summed E-state index contributed by atoms with van der Waals surface area (Å²) in [5, 5.41) is 3.35. The van der Waals surface area contributed by atoms with Crippen LogP contribution in [0.5, 0.6) is 5.75 Å². The highest BCUT2D eigenvalue weighted by Gasteiger charge is 2.15. The molecule has 0 bridgehead atoms. The van der Waals surface area contributed by atoms with Crippen molar-refractivity contribution in [3.63, 3.8) is 0 Å². The van der Waals surface area contributed by atoms with Crippen LogP contribution < -0.4 is 15.0 Å². The summed E-state index contributed by atoms with van der Waals surface area (Å²) in [5.41, 5.74) is 1.04. The number of alkyl halides is 2. The number of nitrogens with one attached hydrogen (secondary N) is 1. The van der Waals surface area contributed by atoms with Gasteiger partial charge in [-0.1, -0.05) is 0 Å². The van der Waals surface area contributed by atoms with E-state index in [9.17, 15) is 8.78 Å². The maximum absolute atomic E-state index is 12.0. The van der Waals surface area contributed by atoms with E-state index in [-0.39, 0.29) is 5.75 Å². The number of anilines is 1. The van der Waals surface area contributed by atoms with Crippen molar-refractivity contribution in [1.82, 2.24) is 5.32 Å². The zero-order chi connectivity index (χ0) is 12.3. The summed E-state index contributed by atoms with van der Waals surface area (Å²) in [7, 11) is 0. The standard InChI is InChI=1S/C12H16F2N2O/c1-9-8-16(7-6-15-9)10-2-4-11(5-3-10)17-12(13)14/h2-5,9,12,15H,6-8H2,1H3. The minimum atomic E-state index is -2.76. The lowest BCUT2D eigenvalue weighted by Crippen LogP contribution is -2.49. The third-order valence-electron chi connectivity index (χ3n) is 2.80. The Morgan fingerprint density at radius 3 is 2.65 bits per heavy atom. The van der Waals surface area contributed by atoms with Crippen molar-refractivity contribution in [1.29, 1.82) is 0 Å². The zero-order valence-corrected chi connectivity index (χ0v) is 9.70. The first kappa shape index (κ1) is 12.1. The molecule has 0 aromatic heterocycles. The summed E-state index contributed by atoms with van der Waals surface area (Å²) < 4.78 is 28.3. The molecular weight excluding hydrogens is 226 g/mol. The SMILES string of the molecule is CC1CN(c2ccc(OC(F)F)cc2)CCN1. The molecule has 0 aliphatic carbocycles. The van der Waals surface area contributed by atoms with Crippen molar-refractivity contribution >= 4 is 5.69 Å². The Bertz CT molecular complexity index is 356. The fraction of sp³-hybridized carbons (Fsp3) is 0.500. The molecule has 0 amide bonds. The predicted octanol–water partition coefficient (Wildman–Crippen LogP) is 2.09. The molecule has 5 heteroatoms. The molecule has 1 atom stereocenters. The number of hydrogen-bond acceptors (Lipinski definition) is 3. The summed E-state index contributed by atoms with van der Waals surface area (Å²) in [6.45, 7) is 2.16. The quantitative estimate of drug-likeness (QED) is 0.878. The highest BCUT2D eigenvalue weighted by molar-refractivity contribution is 5.49. The maximum Gasteiger partial charge on any atom is 0.387 e. The van der Waals surface area contributed by atoms with Gasteiger partial charge in [0.2, 0.25) is 0 Å². The molecule has 1 aliphatic heterocycles. The topological polar surface area (TPSA) is 24.5 Å². The van der Waals surface area contributed by atoms with Crippen LogP contribution in [0.15, 0.2) is 24.3 Å². The van der Waals surface area contributed by atoms with Gasteiger partial charge in [-0.25, -0.2) is 0 Å². The number of benzene rings is 1. The van der Waals surface area contributed by atoms with Crippen molar-refractivity contribution in [2.75, 3.05) is 24.5 Å². The maximum atomic E-state index is 12.0. The molecule has 2 rings (SSSR count). The highest BCUT2D eigenvalue weighted by atomic mass is 19.3. The van der Waals surface area contributed by atoms with Gasteiger partial charge >= 0.3 is 6.61 Å². The molecule has 0 spiro atoms. The Hall–Kier alpha value is -1.36. The third-order valence-corrected chi connectivity index (χ3v) is 2.80. The average Bonchev–Trinajstić information content (AvgIpc) is 2.29. The van der Waals surface area contributed by atoms with E-state index in [1.54, 1.807) is 12.1 Å². The van der Waals surface area contributed by atoms with Crippen LogP contribution in [0.4, 0.5) is 14.5 Å². The first-order valence-electron chi connectivity index (χ1n) is 5.68. The lowest BCUT2D eigenvalue weighted by atomic mass is 10.2. The summed E-state index contributed by atoms with van der Waals surface area (Å²) in [4.78, 5) is 2.23. The molecule has 94 valence electrons. The monoisotopic (exact) mass is 242 g/mol. The van der Waals surface area contributed by atoms with Crippen molar-refractivity contribution in [3.8, 4) is 5.75 Å². The number of piperazine rings is 1. The number of rotatable bonds is 3. The van der Waals surface area contributed by atoms with Crippen LogP contribution in [-0.4, -0.2) is 32.3 Å². The fourth-order valence-electron chi connectivity index (χ4n) is 2.01. The first-order valence-corrected chi connectivity index (χ1v) is 5.68. The molecule has 1 aromatic carbocycles. The van der Waals surface area contributed by atoms with E-state index in [1.165, 1.54) is 0 Å². The van der Waals surface area contributed by atoms with Crippen molar-refractivity contribution in [2.45, 2.75) is 19.6 Å². The Kier molecular flexibility index (Phi) is 3.78. The second kappa shape index (κ2) is 5.31. The van der Waals surface area contributed by atoms with Crippen LogP contribution in [0.1, 0.15) is 6.92 Å². The normalized spacial score (nSPS) is 20.7. The fourth-order valence-corrected chi connectivity index (χ4v) is 2.01. The van der Waals surface area contributed by atoms with Gasteiger partial charge in [-0.3, -0.25) is 0 Å². The van der Waals surface area contributed by atoms with Gasteiger partial charge in [0, 0.05) is 31.4 Å². The lowest BCUT2D eigenvalue weighted by molar-refractivity contribution is -0.0498. The van der Waals surface area contributed by atoms with E-state index in [4.69, 9.17) is 0 Å². The van der Waals surface area contributed by atoms with Crippen LogP contribution in [0, 0.1) is 0 Å². The molecule has 1 unspecified atom stereocenters. The number of halogens is 2. The third kappa shape index (κ3) is 3.30. The molecule has 3 nitrogen and oxygen atoms in total. The van der Waals surface area contributed by atoms with Gasteiger partial charge in [-0.15, -0.1) is 0 Å². The van der Waals surface area contributed by atoms with Gasteiger partial charge in [0.1, 0.15) is 5.75 Å². The molecule has 1 heterocycles. The predicted molar refractivity (Wildman–Crippen MR) is 62.8 cm³/mol. The van der Waals surface area contributed by atoms with Crippen LogP contribution >= 0.6 is 0 Å². The summed E-state index contributed by atoms with van der Waals surface area (Å²) >= 11 is 0. The summed E-state index contributed by atoms with van der Waals surface area (Å²) in [6, 6.07) is 7.23. The Morgan fingerprint density at radius 2 is 2.06 bits per heavy atom. The minimum Gasteiger partial charge on any atom is -0.435 e.